The Morgan fingerprint density at radius 2 is 1.38 bits per heavy atom. The lowest BCUT2D eigenvalue weighted by atomic mass is 9.73. The highest BCUT2D eigenvalue weighted by molar-refractivity contribution is 4.84. The average Bonchev–Trinajstić information content (AvgIpc) is 2.04. The Bertz CT molecular complexity index is 111. The molecule has 1 aliphatic carbocycles. The largest absolute Gasteiger partial charge is 0.306 e. The van der Waals surface area contributed by atoms with Crippen LogP contribution in [-0.4, -0.2) is 25.0 Å². The lowest BCUT2D eigenvalue weighted by Gasteiger charge is -2.42. The Balaban J connectivity index is 0.000000396. The van der Waals surface area contributed by atoms with Gasteiger partial charge < -0.3 is 4.90 Å². The quantitative estimate of drug-likeness (QED) is 0.558. The third-order valence-corrected chi connectivity index (χ3v) is 3.28. The third kappa shape index (κ3) is 2.98. The number of hydrogen-bond donors (Lipinski definition) is 0. The zero-order valence-corrected chi connectivity index (χ0v) is 9.71. The van der Waals surface area contributed by atoms with Crippen LogP contribution in [-0.2, 0) is 0 Å². The van der Waals surface area contributed by atoms with Crippen molar-refractivity contribution in [3.63, 3.8) is 0 Å². The number of likely N-dealkylation sites (tertiary alicyclic amines) is 1. The molecule has 0 spiro atoms. The molecule has 13 heavy (non-hydrogen) atoms. The molecular formula is C12H25N. The first-order valence-corrected chi connectivity index (χ1v) is 5.92. The van der Waals surface area contributed by atoms with Gasteiger partial charge in [-0.3, -0.25) is 0 Å². The van der Waals surface area contributed by atoms with Gasteiger partial charge in [-0.1, -0.05) is 20.8 Å². The van der Waals surface area contributed by atoms with Crippen molar-refractivity contribution in [1.29, 1.82) is 0 Å². The Morgan fingerprint density at radius 1 is 0.923 bits per heavy atom. The first-order chi connectivity index (χ1) is 6.24. The third-order valence-electron chi connectivity index (χ3n) is 3.28. The molecule has 1 nitrogen and oxygen atoms in total. The highest BCUT2D eigenvalue weighted by Crippen LogP contribution is 2.36. The van der Waals surface area contributed by atoms with E-state index in [2.05, 4.69) is 18.9 Å². The monoisotopic (exact) mass is 183 g/mol. The van der Waals surface area contributed by atoms with Crippen molar-refractivity contribution in [3.05, 3.63) is 0 Å². The lowest BCUT2D eigenvalue weighted by molar-refractivity contribution is 0.0802. The number of piperidine rings is 1. The van der Waals surface area contributed by atoms with E-state index in [-0.39, 0.29) is 0 Å². The van der Waals surface area contributed by atoms with E-state index in [0.717, 1.165) is 17.8 Å². The molecule has 2 bridgehead atoms. The number of fused-ring (bicyclic) bond motifs is 2. The van der Waals surface area contributed by atoms with Crippen LogP contribution in [0.2, 0.25) is 0 Å². The van der Waals surface area contributed by atoms with Gasteiger partial charge >= 0.3 is 0 Å². The Morgan fingerprint density at radius 3 is 1.85 bits per heavy atom. The molecular weight excluding hydrogens is 158 g/mol. The molecule has 2 rings (SSSR count). The van der Waals surface area contributed by atoms with Crippen LogP contribution in [0, 0.1) is 17.8 Å². The van der Waals surface area contributed by atoms with Crippen molar-refractivity contribution < 1.29 is 0 Å². The van der Waals surface area contributed by atoms with Crippen molar-refractivity contribution in [2.75, 3.05) is 20.1 Å². The molecule has 2 atom stereocenters. The summed E-state index contributed by atoms with van der Waals surface area (Å²) in [6.07, 6.45) is 4.50. The smallest absolute Gasteiger partial charge is 0.000693 e. The second kappa shape index (κ2) is 4.99. The maximum Gasteiger partial charge on any atom is 0.000693 e. The molecule has 2 unspecified atom stereocenters. The first-order valence-electron chi connectivity index (χ1n) is 5.92. The van der Waals surface area contributed by atoms with E-state index >= 15 is 0 Å². The van der Waals surface area contributed by atoms with E-state index in [1.807, 2.05) is 13.8 Å². The summed E-state index contributed by atoms with van der Waals surface area (Å²) in [7, 11) is 2.27. The van der Waals surface area contributed by atoms with Gasteiger partial charge in [0.05, 0.1) is 0 Å². The van der Waals surface area contributed by atoms with Crippen LogP contribution in [0.25, 0.3) is 0 Å². The highest BCUT2D eigenvalue weighted by Gasteiger charge is 2.31. The summed E-state index contributed by atoms with van der Waals surface area (Å²) in [6, 6.07) is 0. The summed E-state index contributed by atoms with van der Waals surface area (Å²) < 4.78 is 0. The van der Waals surface area contributed by atoms with E-state index in [4.69, 9.17) is 0 Å². The summed E-state index contributed by atoms with van der Waals surface area (Å²) >= 11 is 0. The average molecular weight is 183 g/mol. The molecule has 1 aliphatic heterocycles. The van der Waals surface area contributed by atoms with E-state index < -0.39 is 0 Å². The van der Waals surface area contributed by atoms with Crippen LogP contribution in [0.1, 0.15) is 40.0 Å². The summed E-state index contributed by atoms with van der Waals surface area (Å²) in [5.74, 6) is 3.07. The molecule has 1 saturated heterocycles. The molecule has 0 amide bonds. The minimum Gasteiger partial charge on any atom is -0.306 e. The number of rotatable bonds is 0. The van der Waals surface area contributed by atoms with Crippen LogP contribution in [0.5, 0.6) is 0 Å². The maximum atomic E-state index is 2.52. The summed E-state index contributed by atoms with van der Waals surface area (Å²) in [6.45, 7) is 9.14. The van der Waals surface area contributed by atoms with E-state index in [0.29, 0.717) is 0 Å². The summed E-state index contributed by atoms with van der Waals surface area (Å²) in [4.78, 5) is 2.52. The van der Waals surface area contributed by atoms with Gasteiger partial charge in [0, 0.05) is 13.1 Å². The predicted octanol–water partition coefficient (Wildman–Crippen LogP) is 3.01. The molecule has 2 fully saturated rings. The topological polar surface area (TPSA) is 3.24 Å². The van der Waals surface area contributed by atoms with Crippen molar-refractivity contribution in [2.45, 2.75) is 40.0 Å². The molecule has 0 radical (unpaired) electrons. The van der Waals surface area contributed by atoms with Crippen LogP contribution < -0.4 is 0 Å². The molecule has 0 N–H and O–H groups in total. The minimum absolute atomic E-state index is 1.01. The molecule has 0 aromatic rings. The second-order valence-corrected chi connectivity index (χ2v) is 4.77. The van der Waals surface area contributed by atoms with Gasteiger partial charge in [-0.2, -0.15) is 0 Å². The van der Waals surface area contributed by atoms with Gasteiger partial charge in [0.2, 0.25) is 0 Å². The van der Waals surface area contributed by atoms with Gasteiger partial charge in [0.1, 0.15) is 0 Å². The fourth-order valence-corrected chi connectivity index (χ4v) is 3.15. The predicted molar refractivity (Wildman–Crippen MR) is 58.8 cm³/mol. The van der Waals surface area contributed by atoms with Crippen LogP contribution in [0.4, 0.5) is 0 Å². The molecule has 1 heterocycles. The van der Waals surface area contributed by atoms with Crippen LogP contribution in [0.3, 0.4) is 0 Å². The molecule has 2 aliphatic rings. The zero-order chi connectivity index (χ0) is 9.84. The van der Waals surface area contributed by atoms with Crippen molar-refractivity contribution in [3.8, 4) is 0 Å². The summed E-state index contributed by atoms with van der Waals surface area (Å²) in [5.41, 5.74) is 0. The van der Waals surface area contributed by atoms with Crippen LogP contribution in [0.15, 0.2) is 0 Å². The summed E-state index contributed by atoms with van der Waals surface area (Å²) in [5, 5.41) is 0. The Labute approximate surface area is 83.5 Å². The number of hydrogen-bond acceptors (Lipinski definition) is 1. The van der Waals surface area contributed by atoms with Gasteiger partial charge in [-0.25, -0.2) is 0 Å². The van der Waals surface area contributed by atoms with Crippen molar-refractivity contribution in [1.82, 2.24) is 4.90 Å². The molecule has 78 valence electrons. The fraction of sp³-hybridized carbons (Fsp3) is 1.00. The van der Waals surface area contributed by atoms with E-state index in [9.17, 15) is 0 Å². The first kappa shape index (κ1) is 11.0. The lowest BCUT2D eigenvalue weighted by Crippen LogP contribution is -2.42. The molecule has 1 heteroatoms. The van der Waals surface area contributed by atoms with Gasteiger partial charge in [-0.15, -0.1) is 0 Å². The Hall–Kier alpha value is -0.0400. The molecule has 1 saturated carbocycles. The number of nitrogens with zero attached hydrogens (tertiary/aromatic N) is 1. The Kier molecular flexibility index (Phi) is 4.24. The minimum atomic E-state index is 1.01. The zero-order valence-electron chi connectivity index (χ0n) is 9.71. The highest BCUT2D eigenvalue weighted by atomic mass is 15.1. The van der Waals surface area contributed by atoms with Crippen molar-refractivity contribution in [2.24, 2.45) is 17.8 Å². The van der Waals surface area contributed by atoms with Gasteiger partial charge in [-0.05, 0) is 44.1 Å². The SMILES string of the molecule is CC.CC1CC2CC(C1)CN(C)C2. The van der Waals surface area contributed by atoms with E-state index in [1.165, 1.54) is 32.4 Å². The molecule has 0 aromatic carbocycles. The maximum absolute atomic E-state index is 2.52. The fourth-order valence-electron chi connectivity index (χ4n) is 3.15. The standard InChI is InChI=1S/C10H19N.C2H6/c1-8-3-9-5-10(4-8)7-11(2)6-9;1-2/h8-10H,3-7H2,1-2H3;1-2H3. The molecule has 0 aromatic heterocycles. The van der Waals surface area contributed by atoms with Crippen molar-refractivity contribution >= 4 is 0 Å². The van der Waals surface area contributed by atoms with E-state index in [1.54, 1.807) is 0 Å². The van der Waals surface area contributed by atoms with Crippen LogP contribution >= 0.6 is 0 Å². The normalized spacial score (nSPS) is 39.2. The van der Waals surface area contributed by atoms with Gasteiger partial charge in [0.15, 0.2) is 0 Å². The van der Waals surface area contributed by atoms with Gasteiger partial charge in [0.25, 0.3) is 0 Å². The second-order valence-electron chi connectivity index (χ2n) is 4.77.